The van der Waals surface area contributed by atoms with Crippen LogP contribution < -0.4 is 5.32 Å². The summed E-state index contributed by atoms with van der Waals surface area (Å²) in [5.74, 6) is -1.24. The molecule has 2 aromatic carbocycles. The molecule has 28 heavy (non-hydrogen) atoms. The van der Waals surface area contributed by atoms with Crippen LogP contribution in [0.5, 0.6) is 0 Å². The number of nitrogens with one attached hydrogen (secondary N) is 1. The van der Waals surface area contributed by atoms with Crippen LogP contribution in [0.15, 0.2) is 42.5 Å². The van der Waals surface area contributed by atoms with E-state index in [1.54, 1.807) is 0 Å². The second-order valence-electron chi connectivity index (χ2n) is 5.67. The Morgan fingerprint density at radius 1 is 0.679 bits per heavy atom. The SMILES string of the molecule is O=C(NCc1ccc(C(F)(F)F)cc1)c1cc(C(F)(F)F)cc(C(F)(F)F)c1. The van der Waals surface area contributed by atoms with Gasteiger partial charge in [0.15, 0.2) is 0 Å². The number of carbonyl (C=O) groups excluding carboxylic acids is 1. The molecular formula is C17H10F9NO. The van der Waals surface area contributed by atoms with Crippen LogP contribution in [0.2, 0.25) is 0 Å². The minimum absolute atomic E-state index is 0.118. The third-order valence-corrected chi connectivity index (χ3v) is 3.58. The first-order chi connectivity index (χ1) is 12.7. The van der Waals surface area contributed by atoms with Gasteiger partial charge in [0.25, 0.3) is 5.91 Å². The molecule has 0 bridgehead atoms. The Hall–Kier alpha value is -2.72. The molecule has 0 heterocycles. The molecule has 152 valence electrons. The van der Waals surface area contributed by atoms with Gasteiger partial charge >= 0.3 is 18.5 Å². The highest BCUT2D eigenvalue weighted by Gasteiger charge is 2.37. The van der Waals surface area contributed by atoms with Crippen LogP contribution in [0, 0.1) is 0 Å². The summed E-state index contributed by atoms with van der Waals surface area (Å²) in [6.45, 7) is -0.394. The topological polar surface area (TPSA) is 29.1 Å². The summed E-state index contributed by atoms with van der Waals surface area (Å²) >= 11 is 0. The Morgan fingerprint density at radius 2 is 1.11 bits per heavy atom. The van der Waals surface area contributed by atoms with E-state index in [0.29, 0.717) is 0 Å². The number of hydrogen-bond donors (Lipinski definition) is 1. The molecule has 0 aliphatic heterocycles. The van der Waals surface area contributed by atoms with Gasteiger partial charge in [-0.3, -0.25) is 4.79 Å². The monoisotopic (exact) mass is 415 g/mol. The van der Waals surface area contributed by atoms with Gasteiger partial charge < -0.3 is 5.32 Å². The van der Waals surface area contributed by atoms with Crippen molar-refractivity contribution in [2.24, 2.45) is 0 Å². The smallest absolute Gasteiger partial charge is 0.348 e. The van der Waals surface area contributed by atoms with Crippen molar-refractivity contribution >= 4 is 5.91 Å². The molecule has 1 N–H and O–H groups in total. The van der Waals surface area contributed by atoms with E-state index in [9.17, 15) is 44.3 Å². The van der Waals surface area contributed by atoms with Crippen molar-refractivity contribution in [1.29, 1.82) is 0 Å². The molecule has 2 rings (SSSR count). The number of alkyl halides is 9. The molecule has 1 amide bonds. The molecule has 0 aliphatic rings. The molecule has 0 aliphatic carbocycles. The van der Waals surface area contributed by atoms with Gasteiger partial charge in [-0.25, -0.2) is 0 Å². The van der Waals surface area contributed by atoms with Crippen molar-refractivity contribution in [1.82, 2.24) is 5.32 Å². The molecule has 0 fully saturated rings. The molecule has 0 spiro atoms. The summed E-state index contributed by atoms with van der Waals surface area (Å²) in [6.07, 6.45) is -14.8. The van der Waals surface area contributed by atoms with E-state index in [-0.39, 0.29) is 23.8 Å². The lowest BCUT2D eigenvalue weighted by Crippen LogP contribution is -2.24. The minimum atomic E-state index is -5.11. The molecule has 0 saturated heterocycles. The van der Waals surface area contributed by atoms with E-state index in [0.717, 1.165) is 24.3 Å². The summed E-state index contributed by atoms with van der Waals surface area (Å²) in [6, 6.07) is 3.91. The lowest BCUT2D eigenvalue weighted by molar-refractivity contribution is -0.143. The molecular weight excluding hydrogens is 405 g/mol. The minimum Gasteiger partial charge on any atom is -0.348 e. The predicted molar refractivity (Wildman–Crippen MR) is 79.1 cm³/mol. The summed E-state index contributed by atoms with van der Waals surface area (Å²) in [7, 11) is 0. The van der Waals surface area contributed by atoms with Gasteiger partial charge in [0.05, 0.1) is 16.7 Å². The average Bonchev–Trinajstić information content (AvgIpc) is 2.57. The first kappa shape index (κ1) is 21.6. The van der Waals surface area contributed by atoms with E-state index in [1.807, 2.05) is 0 Å². The Kier molecular flexibility index (Phi) is 5.67. The fourth-order valence-electron chi connectivity index (χ4n) is 2.18. The number of hydrogen-bond acceptors (Lipinski definition) is 1. The Labute approximate surface area is 152 Å². The van der Waals surface area contributed by atoms with Crippen molar-refractivity contribution < 1.29 is 44.3 Å². The largest absolute Gasteiger partial charge is 0.416 e. The van der Waals surface area contributed by atoms with Gasteiger partial charge in [-0.05, 0) is 35.9 Å². The second-order valence-corrected chi connectivity index (χ2v) is 5.67. The summed E-state index contributed by atoms with van der Waals surface area (Å²) < 4.78 is 114. The van der Waals surface area contributed by atoms with Crippen LogP contribution in [0.25, 0.3) is 0 Å². The predicted octanol–water partition coefficient (Wildman–Crippen LogP) is 5.67. The van der Waals surface area contributed by atoms with Crippen LogP contribution in [0.1, 0.15) is 32.6 Å². The molecule has 2 nitrogen and oxygen atoms in total. The van der Waals surface area contributed by atoms with Crippen molar-refractivity contribution in [2.45, 2.75) is 25.1 Å². The van der Waals surface area contributed by atoms with Crippen LogP contribution in [0.4, 0.5) is 39.5 Å². The first-order valence-corrected chi connectivity index (χ1v) is 7.42. The number of halogens is 9. The maximum atomic E-state index is 12.8. The van der Waals surface area contributed by atoms with Gasteiger partial charge in [-0.2, -0.15) is 39.5 Å². The Bertz CT molecular complexity index is 817. The number of rotatable bonds is 3. The normalized spacial score (nSPS) is 12.8. The standard InChI is InChI=1S/C17H10F9NO/c18-15(19,20)11-3-1-9(2-4-11)8-27-14(28)10-5-12(16(21,22)23)7-13(6-10)17(24,25)26/h1-7H,8H2,(H,27,28). The maximum Gasteiger partial charge on any atom is 0.416 e. The average molecular weight is 415 g/mol. The second kappa shape index (κ2) is 7.36. The van der Waals surface area contributed by atoms with Crippen LogP contribution in [-0.4, -0.2) is 5.91 Å². The van der Waals surface area contributed by atoms with E-state index in [2.05, 4.69) is 5.32 Å². The van der Waals surface area contributed by atoms with Gasteiger partial charge in [0.2, 0.25) is 0 Å². The van der Waals surface area contributed by atoms with E-state index in [4.69, 9.17) is 0 Å². The Morgan fingerprint density at radius 3 is 1.50 bits per heavy atom. The first-order valence-electron chi connectivity index (χ1n) is 7.42. The van der Waals surface area contributed by atoms with Crippen LogP contribution in [-0.2, 0) is 25.1 Å². The van der Waals surface area contributed by atoms with E-state index >= 15 is 0 Å². The van der Waals surface area contributed by atoms with Crippen molar-refractivity contribution in [3.05, 3.63) is 70.3 Å². The maximum absolute atomic E-state index is 12.8. The number of amides is 1. The van der Waals surface area contributed by atoms with Gasteiger partial charge in [0, 0.05) is 12.1 Å². The quantitative estimate of drug-likeness (QED) is 0.643. The fraction of sp³-hybridized carbons (Fsp3) is 0.235. The lowest BCUT2D eigenvalue weighted by Gasteiger charge is -2.14. The highest BCUT2D eigenvalue weighted by Crippen LogP contribution is 2.36. The van der Waals surface area contributed by atoms with Crippen LogP contribution in [0.3, 0.4) is 0 Å². The number of carbonyl (C=O) groups is 1. The molecule has 2 aromatic rings. The van der Waals surface area contributed by atoms with Crippen molar-refractivity contribution in [3.63, 3.8) is 0 Å². The highest BCUT2D eigenvalue weighted by atomic mass is 19.4. The van der Waals surface area contributed by atoms with Gasteiger partial charge in [-0.1, -0.05) is 12.1 Å². The van der Waals surface area contributed by atoms with E-state index < -0.39 is 53.2 Å². The van der Waals surface area contributed by atoms with Crippen molar-refractivity contribution in [2.75, 3.05) is 0 Å². The molecule has 0 unspecified atom stereocenters. The zero-order chi connectivity index (χ0) is 21.3. The summed E-state index contributed by atoms with van der Waals surface area (Å²) in [5, 5.41) is 2.08. The van der Waals surface area contributed by atoms with Crippen molar-refractivity contribution in [3.8, 4) is 0 Å². The zero-order valence-corrected chi connectivity index (χ0v) is 13.6. The lowest BCUT2D eigenvalue weighted by atomic mass is 10.0. The summed E-state index contributed by atoms with van der Waals surface area (Å²) in [4.78, 5) is 12.0. The molecule has 0 saturated carbocycles. The third-order valence-electron chi connectivity index (χ3n) is 3.58. The fourth-order valence-corrected chi connectivity index (χ4v) is 2.18. The van der Waals surface area contributed by atoms with Crippen LogP contribution >= 0.6 is 0 Å². The van der Waals surface area contributed by atoms with E-state index in [1.165, 1.54) is 0 Å². The zero-order valence-electron chi connectivity index (χ0n) is 13.6. The molecule has 0 atom stereocenters. The molecule has 0 aromatic heterocycles. The number of benzene rings is 2. The molecule has 11 heteroatoms. The van der Waals surface area contributed by atoms with Gasteiger partial charge in [0.1, 0.15) is 0 Å². The van der Waals surface area contributed by atoms with Gasteiger partial charge in [-0.15, -0.1) is 0 Å². The Balaban J connectivity index is 2.22. The molecule has 0 radical (unpaired) electrons. The third kappa shape index (κ3) is 5.40. The summed E-state index contributed by atoms with van der Waals surface area (Å²) in [5.41, 5.74) is -4.96. The highest BCUT2D eigenvalue weighted by molar-refractivity contribution is 5.94.